The van der Waals surface area contributed by atoms with Crippen LogP contribution in [-0.2, 0) is 33.4 Å². The molecule has 0 bridgehead atoms. The van der Waals surface area contributed by atoms with Crippen molar-refractivity contribution >= 4 is 29.9 Å². The highest BCUT2D eigenvalue weighted by molar-refractivity contribution is 5.91. The molecule has 0 radical (unpaired) electrons. The third-order valence-corrected chi connectivity index (χ3v) is 6.12. The van der Waals surface area contributed by atoms with Crippen molar-refractivity contribution in [1.82, 2.24) is 10.6 Å². The van der Waals surface area contributed by atoms with Crippen LogP contribution < -0.4 is 10.6 Å². The van der Waals surface area contributed by atoms with Crippen LogP contribution in [0.1, 0.15) is 71.4 Å². The number of carboxylic acids is 1. The molecular formula is C31H38N2O9. The molecule has 0 saturated carbocycles. The van der Waals surface area contributed by atoms with E-state index in [0.717, 1.165) is 22.3 Å². The average Bonchev–Trinajstić information content (AvgIpc) is 3.18. The Bertz CT molecular complexity index is 1290. The Kier molecular flexibility index (Phi) is 9.98. The summed E-state index contributed by atoms with van der Waals surface area (Å²) < 4.78 is 16.1. The first kappa shape index (κ1) is 32.1. The number of aliphatic carboxylic acids is 1. The zero-order chi connectivity index (χ0) is 31.2. The molecule has 226 valence electrons. The number of hydrogen-bond acceptors (Lipinski definition) is 8. The Labute approximate surface area is 244 Å². The fourth-order valence-corrected chi connectivity index (χ4v) is 4.53. The predicted molar refractivity (Wildman–Crippen MR) is 152 cm³/mol. The van der Waals surface area contributed by atoms with Crippen LogP contribution in [0.5, 0.6) is 0 Å². The number of hydrogen-bond donors (Lipinski definition) is 3. The summed E-state index contributed by atoms with van der Waals surface area (Å²) in [6.07, 6.45) is -2.33. The van der Waals surface area contributed by atoms with Gasteiger partial charge >= 0.3 is 24.0 Å². The van der Waals surface area contributed by atoms with Crippen molar-refractivity contribution in [2.45, 2.75) is 83.6 Å². The highest BCUT2D eigenvalue weighted by Gasteiger charge is 2.34. The van der Waals surface area contributed by atoms with Crippen molar-refractivity contribution in [3.8, 4) is 11.1 Å². The molecule has 11 heteroatoms. The average molecular weight is 583 g/mol. The van der Waals surface area contributed by atoms with E-state index in [1.165, 1.54) is 0 Å². The summed E-state index contributed by atoms with van der Waals surface area (Å²) in [5.41, 5.74) is 2.24. The van der Waals surface area contributed by atoms with E-state index in [1.807, 2.05) is 48.5 Å². The van der Waals surface area contributed by atoms with Crippen LogP contribution in [0.2, 0.25) is 0 Å². The van der Waals surface area contributed by atoms with Crippen LogP contribution in [0.4, 0.5) is 4.79 Å². The molecule has 1 aliphatic rings. The minimum absolute atomic E-state index is 0.0214. The second-order valence-electron chi connectivity index (χ2n) is 12.0. The lowest BCUT2D eigenvalue weighted by Crippen LogP contribution is -2.50. The quantitative estimate of drug-likeness (QED) is 0.279. The highest BCUT2D eigenvalue weighted by Crippen LogP contribution is 2.44. The fourth-order valence-electron chi connectivity index (χ4n) is 4.53. The topological polar surface area (TPSA) is 157 Å². The molecule has 2 aromatic carbocycles. The number of amides is 2. The monoisotopic (exact) mass is 582 g/mol. The standard InChI is InChI=1S/C31H38N2O9/c1-30(2,3)41-27(37)23(15-25(34)32-24(16-26(35)36)28(38)42-31(4,5)6)33-29(39)40-17-22-20-13-9-7-11-18(20)19-12-8-10-14-21(19)22/h7-14,22-24H,15-17H2,1-6H3,(H,32,34)(H,33,39)(H,35,36)/t23-,24-/m0/s1. The number of carbonyl (C=O) groups is 5. The number of esters is 2. The smallest absolute Gasteiger partial charge is 0.407 e. The van der Waals surface area contributed by atoms with Crippen molar-refractivity contribution in [3.63, 3.8) is 0 Å². The van der Waals surface area contributed by atoms with Gasteiger partial charge in [0, 0.05) is 5.92 Å². The van der Waals surface area contributed by atoms with Gasteiger partial charge in [-0.2, -0.15) is 0 Å². The number of fused-ring (bicyclic) bond motifs is 3. The van der Waals surface area contributed by atoms with Crippen LogP contribution in [0.3, 0.4) is 0 Å². The Morgan fingerprint density at radius 1 is 0.738 bits per heavy atom. The first-order valence-corrected chi connectivity index (χ1v) is 13.6. The Hall–Kier alpha value is -4.41. The minimum Gasteiger partial charge on any atom is -0.481 e. The lowest BCUT2D eigenvalue weighted by molar-refractivity contribution is -0.161. The van der Waals surface area contributed by atoms with Gasteiger partial charge in [0.1, 0.15) is 29.9 Å². The molecule has 0 aromatic heterocycles. The molecule has 1 aliphatic carbocycles. The van der Waals surface area contributed by atoms with Crippen LogP contribution in [-0.4, -0.2) is 64.9 Å². The van der Waals surface area contributed by atoms with E-state index in [2.05, 4.69) is 10.6 Å². The number of alkyl carbamates (subject to hydrolysis) is 1. The van der Waals surface area contributed by atoms with Crippen molar-refractivity contribution in [3.05, 3.63) is 59.7 Å². The number of ether oxygens (including phenoxy) is 3. The zero-order valence-electron chi connectivity index (χ0n) is 24.7. The summed E-state index contributed by atoms with van der Waals surface area (Å²) in [4.78, 5) is 62.6. The van der Waals surface area contributed by atoms with E-state index in [9.17, 15) is 29.1 Å². The number of rotatable bonds is 10. The molecule has 3 rings (SSSR count). The molecule has 3 N–H and O–H groups in total. The van der Waals surface area contributed by atoms with E-state index in [4.69, 9.17) is 14.2 Å². The van der Waals surface area contributed by atoms with Crippen molar-refractivity contribution in [2.75, 3.05) is 6.61 Å². The summed E-state index contributed by atoms with van der Waals surface area (Å²) >= 11 is 0. The van der Waals surface area contributed by atoms with Gasteiger partial charge in [-0.1, -0.05) is 48.5 Å². The number of benzene rings is 2. The third-order valence-electron chi connectivity index (χ3n) is 6.12. The van der Waals surface area contributed by atoms with Gasteiger partial charge in [0.15, 0.2) is 0 Å². The fraction of sp³-hybridized carbons (Fsp3) is 0.452. The third kappa shape index (κ3) is 9.05. The van der Waals surface area contributed by atoms with E-state index in [-0.39, 0.29) is 12.5 Å². The molecule has 0 fully saturated rings. The molecule has 42 heavy (non-hydrogen) atoms. The van der Waals surface area contributed by atoms with Crippen LogP contribution in [0, 0.1) is 0 Å². The van der Waals surface area contributed by atoms with Crippen molar-refractivity contribution in [1.29, 1.82) is 0 Å². The molecule has 0 spiro atoms. The maximum atomic E-state index is 12.9. The SMILES string of the molecule is CC(C)(C)OC(=O)[C@H](CC(=O)O)NC(=O)C[C@H](NC(=O)OCC1c2ccccc2-c2ccccc21)C(=O)OC(C)(C)C. The highest BCUT2D eigenvalue weighted by atomic mass is 16.6. The van der Waals surface area contributed by atoms with Crippen molar-refractivity contribution < 1.29 is 43.3 Å². The first-order chi connectivity index (χ1) is 19.5. The summed E-state index contributed by atoms with van der Waals surface area (Å²) in [6, 6.07) is 12.6. The number of carbonyl (C=O) groups excluding carboxylic acids is 4. The van der Waals surface area contributed by atoms with Gasteiger partial charge in [0.2, 0.25) is 5.91 Å². The van der Waals surface area contributed by atoms with E-state index in [1.54, 1.807) is 41.5 Å². The van der Waals surface area contributed by atoms with Gasteiger partial charge < -0.3 is 30.0 Å². The number of nitrogens with one attached hydrogen (secondary N) is 2. The van der Waals surface area contributed by atoms with Crippen LogP contribution in [0.25, 0.3) is 11.1 Å². The maximum Gasteiger partial charge on any atom is 0.407 e. The summed E-state index contributed by atoms with van der Waals surface area (Å²) in [5.74, 6) is -4.29. The molecule has 0 heterocycles. The Balaban J connectivity index is 1.71. The largest absolute Gasteiger partial charge is 0.481 e. The molecule has 0 unspecified atom stereocenters. The second kappa shape index (κ2) is 13.1. The van der Waals surface area contributed by atoms with Gasteiger partial charge in [-0.15, -0.1) is 0 Å². The predicted octanol–water partition coefficient (Wildman–Crippen LogP) is 3.93. The van der Waals surface area contributed by atoms with E-state index >= 15 is 0 Å². The molecule has 2 aromatic rings. The lowest BCUT2D eigenvalue weighted by Gasteiger charge is -2.26. The molecule has 11 nitrogen and oxygen atoms in total. The van der Waals surface area contributed by atoms with Gasteiger partial charge in [-0.05, 0) is 63.8 Å². The molecule has 0 saturated heterocycles. The summed E-state index contributed by atoms with van der Waals surface area (Å²) in [7, 11) is 0. The molecule has 2 amide bonds. The second-order valence-corrected chi connectivity index (χ2v) is 12.0. The van der Waals surface area contributed by atoms with Gasteiger partial charge in [0.05, 0.1) is 12.8 Å². The molecule has 2 atom stereocenters. The first-order valence-electron chi connectivity index (χ1n) is 13.6. The van der Waals surface area contributed by atoms with Gasteiger partial charge in [0.25, 0.3) is 0 Å². The van der Waals surface area contributed by atoms with Crippen LogP contribution >= 0.6 is 0 Å². The van der Waals surface area contributed by atoms with Gasteiger partial charge in [-0.25, -0.2) is 14.4 Å². The van der Waals surface area contributed by atoms with E-state index < -0.39 is 66.0 Å². The molecule has 0 aliphatic heterocycles. The van der Waals surface area contributed by atoms with Crippen molar-refractivity contribution in [2.24, 2.45) is 0 Å². The normalized spacial score (nSPS) is 14.0. The summed E-state index contributed by atoms with van der Waals surface area (Å²) in [6.45, 7) is 9.65. The zero-order valence-corrected chi connectivity index (χ0v) is 24.7. The number of carboxylic acid groups (broad SMARTS) is 1. The Morgan fingerprint density at radius 3 is 1.64 bits per heavy atom. The minimum atomic E-state index is -1.51. The van der Waals surface area contributed by atoms with Gasteiger partial charge in [-0.3, -0.25) is 9.59 Å². The summed E-state index contributed by atoms with van der Waals surface area (Å²) in [5, 5.41) is 13.9. The van der Waals surface area contributed by atoms with Crippen LogP contribution in [0.15, 0.2) is 48.5 Å². The lowest BCUT2D eigenvalue weighted by atomic mass is 9.98. The Morgan fingerprint density at radius 2 is 1.19 bits per heavy atom. The van der Waals surface area contributed by atoms with E-state index in [0.29, 0.717) is 0 Å². The maximum absolute atomic E-state index is 12.9. The molecular weight excluding hydrogens is 544 g/mol.